The van der Waals surface area contributed by atoms with E-state index in [2.05, 4.69) is 17.3 Å². The van der Waals surface area contributed by atoms with Gasteiger partial charge in [-0.15, -0.1) is 6.42 Å². The topological polar surface area (TPSA) is 21.3 Å². The summed E-state index contributed by atoms with van der Waals surface area (Å²) in [6.07, 6.45) is 12.2. The third kappa shape index (κ3) is 4.61. The Balaban J connectivity index is 1.73. The molecule has 102 valence electrons. The van der Waals surface area contributed by atoms with Crippen molar-refractivity contribution in [3.05, 3.63) is 29.8 Å². The van der Waals surface area contributed by atoms with Crippen LogP contribution < -0.4 is 10.1 Å². The number of terminal acetylenes is 1. The first-order valence-electron chi connectivity index (χ1n) is 7.25. The standard InChI is InChI=1S/C17H23NO/c1-2-13-19-17-10-6-5-9-16(17)14-18-12-11-15-7-3-4-8-15/h1,5-6,9-10,15,18H,3-4,7-8,11-14H2. The third-order valence-corrected chi connectivity index (χ3v) is 3.80. The van der Waals surface area contributed by atoms with E-state index in [0.717, 1.165) is 24.8 Å². The van der Waals surface area contributed by atoms with Crippen LogP contribution in [0.25, 0.3) is 0 Å². The highest BCUT2D eigenvalue weighted by Gasteiger charge is 2.13. The molecule has 0 unspecified atom stereocenters. The summed E-state index contributed by atoms with van der Waals surface area (Å²) in [5.74, 6) is 4.35. The van der Waals surface area contributed by atoms with Gasteiger partial charge >= 0.3 is 0 Å². The van der Waals surface area contributed by atoms with Crippen molar-refractivity contribution in [3.63, 3.8) is 0 Å². The molecule has 0 radical (unpaired) electrons. The molecule has 1 aliphatic rings. The Hall–Kier alpha value is -1.46. The highest BCUT2D eigenvalue weighted by Crippen LogP contribution is 2.27. The molecule has 2 rings (SSSR count). The first-order chi connectivity index (χ1) is 9.40. The Bertz CT molecular complexity index is 416. The summed E-state index contributed by atoms with van der Waals surface area (Å²) in [6, 6.07) is 8.09. The van der Waals surface area contributed by atoms with Crippen LogP contribution in [0.15, 0.2) is 24.3 Å². The molecular formula is C17H23NO. The van der Waals surface area contributed by atoms with Gasteiger partial charge in [-0.2, -0.15) is 0 Å². The van der Waals surface area contributed by atoms with Crippen molar-refractivity contribution in [2.75, 3.05) is 13.2 Å². The summed E-state index contributed by atoms with van der Waals surface area (Å²) >= 11 is 0. The van der Waals surface area contributed by atoms with E-state index in [1.807, 2.05) is 18.2 Å². The van der Waals surface area contributed by atoms with Gasteiger partial charge in [0.2, 0.25) is 0 Å². The fourth-order valence-electron chi connectivity index (χ4n) is 2.74. The molecule has 1 aliphatic carbocycles. The van der Waals surface area contributed by atoms with E-state index in [9.17, 15) is 0 Å². The van der Waals surface area contributed by atoms with Crippen LogP contribution in [-0.2, 0) is 6.54 Å². The number of hydrogen-bond acceptors (Lipinski definition) is 2. The number of rotatable bonds is 7. The van der Waals surface area contributed by atoms with E-state index in [-0.39, 0.29) is 0 Å². The highest BCUT2D eigenvalue weighted by molar-refractivity contribution is 5.33. The molecule has 1 N–H and O–H groups in total. The largest absolute Gasteiger partial charge is 0.481 e. The fourth-order valence-corrected chi connectivity index (χ4v) is 2.74. The number of para-hydroxylation sites is 1. The van der Waals surface area contributed by atoms with E-state index in [4.69, 9.17) is 11.2 Å². The lowest BCUT2D eigenvalue weighted by molar-refractivity contribution is 0.364. The molecule has 1 saturated carbocycles. The predicted molar refractivity (Wildman–Crippen MR) is 79.1 cm³/mol. The molecular weight excluding hydrogens is 234 g/mol. The molecule has 0 heterocycles. The lowest BCUT2D eigenvalue weighted by Gasteiger charge is -2.12. The summed E-state index contributed by atoms with van der Waals surface area (Å²) in [5.41, 5.74) is 1.18. The average Bonchev–Trinajstić information content (AvgIpc) is 2.95. The minimum atomic E-state index is 0.332. The third-order valence-electron chi connectivity index (χ3n) is 3.80. The molecule has 2 nitrogen and oxygen atoms in total. The van der Waals surface area contributed by atoms with Gasteiger partial charge in [0, 0.05) is 12.1 Å². The minimum absolute atomic E-state index is 0.332. The maximum atomic E-state index is 5.54. The maximum Gasteiger partial charge on any atom is 0.148 e. The zero-order chi connectivity index (χ0) is 13.3. The highest BCUT2D eigenvalue weighted by atomic mass is 16.5. The minimum Gasteiger partial charge on any atom is -0.481 e. The van der Waals surface area contributed by atoms with Crippen LogP contribution in [0.5, 0.6) is 5.75 Å². The molecule has 0 aromatic heterocycles. The second-order valence-corrected chi connectivity index (χ2v) is 5.22. The van der Waals surface area contributed by atoms with Gasteiger partial charge in [-0.25, -0.2) is 0 Å². The zero-order valence-electron chi connectivity index (χ0n) is 11.5. The first-order valence-corrected chi connectivity index (χ1v) is 7.25. The van der Waals surface area contributed by atoms with Gasteiger partial charge in [-0.05, 0) is 24.9 Å². The van der Waals surface area contributed by atoms with Crippen LogP contribution in [0.2, 0.25) is 0 Å². The molecule has 19 heavy (non-hydrogen) atoms. The van der Waals surface area contributed by atoms with Crippen LogP contribution in [-0.4, -0.2) is 13.2 Å². The summed E-state index contributed by atoms with van der Waals surface area (Å²) in [7, 11) is 0. The van der Waals surface area contributed by atoms with Crippen LogP contribution in [0.4, 0.5) is 0 Å². The average molecular weight is 257 g/mol. The maximum absolute atomic E-state index is 5.54. The normalized spacial score (nSPS) is 15.3. The van der Waals surface area contributed by atoms with Crippen molar-refractivity contribution >= 4 is 0 Å². The molecule has 0 spiro atoms. The van der Waals surface area contributed by atoms with E-state index < -0.39 is 0 Å². The lowest BCUT2D eigenvalue weighted by Crippen LogP contribution is -2.17. The number of benzene rings is 1. The Labute approximate surface area is 116 Å². The summed E-state index contributed by atoms with van der Waals surface area (Å²) < 4.78 is 5.54. The van der Waals surface area contributed by atoms with Crippen molar-refractivity contribution in [2.24, 2.45) is 5.92 Å². The number of nitrogens with one attached hydrogen (secondary N) is 1. The number of hydrogen-bond donors (Lipinski definition) is 1. The van der Waals surface area contributed by atoms with Crippen molar-refractivity contribution in [1.82, 2.24) is 5.32 Å². The van der Waals surface area contributed by atoms with E-state index in [1.54, 1.807) is 0 Å². The Morgan fingerprint density at radius 3 is 2.84 bits per heavy atom. The second-order valence-electron chi connectivity index (χ2n) is 5.22. The fraction of sp³-hybridized carbons (Fsp3) is 0.529. The Kier molecular flexibility index (Phi) is 5.78. The quantitative estimate of drug-likeness (QED) is 0.597. The van der Waals surface area contributed by atoms with Gasteiger partial charge < -0.3 is 10.1 Å². The zero-order valence-corrected chi connectivity index (χ0v) is 11.5. The molecule has 0 saturated heterocycles. The molecule has 1 fully saturated rings. The van der Waals surface area contributed by atoms with Crippen LogP contribution in [0.3, 0.4) is 0 Å². The van der Waals surface area contributed by atoms with Gasteiger partial charge in [-0.1, -0.05) is 49.8 Å². The molecule has 1 aromatic rings. The predicted octanol–water partition coefficient (Wildman–Crippen LogP) is 3.37. The van der Waals surface area contributed by atoms with E-state index in [1.165, 1.54) is 37.7 Å². The SMILES string of the molecule is C#CCOc1ccccc1CNCCC1CCCC1. The summed E-state index contributed by atoms with van der Waals surface area (Å²) in [5, 5.41) is 3.51. The van der Waals surface area contributed by atoms with E-state index in [0.29, 0.717) is 6.61 Å². The molecule has 0 bridgehead atoms. The van der Waals surface area contributed by atoms with Crippen LogP contribution in [0, 0.1) is 18.3 Å². The van der Waals surface area contributed by atoms with Gasteiger partial charge in [0.25, 0.3) is 0 Å². The van der Waals surface area contributed by atoms with Gasteiger partial charge in [0.05, 0.1) is 0 Å². The van der Waals surface area contributed by atoms with Crippen molar-refractivity contribution in [2.45, 2.75) is 38.6 Å². The molecule has 1 aromatic carbocycles. The van der Waals surface area contributed by atoms with Crippen LogP contribution >= 0.6 is 0 Å². The molecule has 0 atom stereocenters. The smallest absolute Gasteiger partial charge is 0.148 e. The first kappa shape index (κ1) is 14.0. The Morgan fingerprint density at radius 1 is 1.26 bits per heavy atom. The van der Waals surface area contributed by atoms with Gasteiger partial charge in [0.15, 0.2) is 0 Å². The van der Waals surface area contributed by atoms with Crippen molar-refractivity contribution < 1.29 is 4.74 Å². The van der Waals surface area contributed by atoms with Crippen molar-refractivity contribution in [1.29, 1.82) is 0 Å². The van der Waals surface area contributed by atoms with E-state index >= 15 is 0 Å². The monoisotopic (exact) mass is 257 g/mol. The molecule has 0 amide bonds. The number of ether oxygens (including phenoxy) is 1. The second kappa shape index (κ2) is 7.86. The molecule has 2 heteroatoms. The van der Waals surface area contributed by atoms with Crippen LogP contribution in [0.1, 0.15) is 37.7 Å². The van der Waals surface area contributed by atoms with Crippen molar-refractivity contribution in [3.8, 4) is 18.1 Å². The van der Waals surface area contributed by atoms with Gasteiger partial charge in [-0.3, -0.25) is 0 Å². The summed E-state index contributed by atoms with van der Waals surface area (Å²) in [4.78, 5) is 0. The Morgan fingerprint density at radius 2 is 2.05 bits per heavy atom. The lowest BCUT2D eigenvalue weighted by atomic mass is 10.0. The summed E-state index contributed by atoms with van der Waals surface area (Å²) in [6.45, 7) is 2.28. The molecule has 0 aliphatic heterocycles. The van der Waals surface area contributed by atoms with Gasteiger partial charge in [0.1, 0.15) is 12.4 Å².